The van der Waals surface area contributed by atoms with Crippen molar-refractivity contribution < 1.29 is 23.9 Å². The summed E-state index contributed by atoms with van der Waals surface area (Å²) < 4.78 is 7.46. The van der Waals surface area contributed by atoms with Crippen molar-refractivity contribution in [3.63, 3.8) is 0 Å². The predicted octanol–water partition coefficient (Wildman–Crippen LogP) is 3.78. The molecule has 3 aliphatic heterocycles. The molecule has 0 bridgehead atoms. The Bertz CT molecular complexity index is 2450. The number of piperidine rings is 2. The molecule has 5 aromatic rings. The number of imide groups is 2. The second-order valence-electron chi connectivity index (χ2n) is 13.7. The van der Waals surface area contributed by atoms with Crippen molar-refractivity contribution >= 4 is 29.3 Å². The lowest BCUT2D eigenvalue weighted by Gasteiger charge is -2.33. The minimum atomic E-state index is -1.02. The van der Waals surface area contributed by atoms with Gasteiger partial charge in [-0.1, -0.05) is 30.3 Å². The third-order valence-corrected chi connectivity index (χ3v) is 10.1. The highest BCUT2D eigenvalue weighted by Crippen LogP contribution is 2.32. The minimum absolute atomic E-state index is 0.0638. The van der Waals surface area contributed by atoms with Crippen molar-refractivity contribution in [2.75, 3.05) is 24.6 Å². The number of hydrogen-bond donors (Lipinski definition) is 1. The van der Waals surface area contributed by atoms with Crippen molar-refractivity contribution in [3.8, 4) is 34.5 Å². The molecule has 1 atom stereocenters. The van der Waals surface area contributed by atoms with Crippen LogP contribution in [0.5, 0.6) is 5.75 Å². The minimum Gasteiger partial charge on any atom is -0.490 e. The van der Waals surface area contributed by atoms with Crippen LogP contribution < -0.4 is 20.5 Å². The van der Waals surface area contributed by atoms with Gasteiger partial charge in [0.15, 0.2) is 11.6 Å². The van der Waals surface area contributed by atoms with E-state index < -0.39 is 29.7 Å². The van der Waals surface area contributed by atoms with Crippen LogP contribution in [0.2, 0.25) is 0 Å². The fourth-order valence-corrected chi connectivity index (χ4v) is 7.11. The molecule has 14 nitrogen and oxygen atoms in total. The first kappa shape index (κ1) is 35.0. The van der Waals surface area contributed by atoms with Gasteiger partial charge in [0.1, 0.15) is 6.04 Å². The molecular weight excluding hydrogens is 701 g/mol. The number of nitrogens with zero attached hydrogens (tertiary/aromatic N) is 7. The van der Waals surface area contributed by atoms with Crippen LogP contribution in [0.4, 0.5) is 5.69 Å². The molecule has 2 saturated heterocycles. The number of hydrogen-bond acceptors (Lipinski definition) is 11. The average molecular weight is 734 g/mol. The Balaban J connectivity index is 0.852. The van der Waals surface area contributed by atoms with Gasteiger partial charge in [-0.3, -0.25) is 34.2 Å². The SMILES string of the molecule is N#Cc1cccc(-c2ccc(=O)n(Cc3cccc(-c4ncc(OCC5CCN(c6[c]c7c(cc6)C(=O)N(C6CCC(=O)NC6=O)C7=O)CC5)cn4)c3)n2)c1. The standard InChI is InChI=1S/C41H33N8O6/c42-20-26-3-1-5-28(17-26)34-9-12-37(51)48(46-34)23-27-4-2-6-29(18-27)38-43-21-31(22-44-38)55-24-25-13-15-47(16-14-25)30-7-8-32-33(19-30)41(54)49(40(32)53)35-10-11-36(50)45-39(35)52/h1-9,12,17-18,21-22,25,35H,10-11,13-16,23-24H2,(H,45,50,52). The Hall–Kier alpha value is -7.01. The number of nitrogens with one attached hydrogen (secondary N) is 1. The number of carbonyl (C=O) groups excluding carboxylic acids is 4. The van der Waals surface area contributed by atoms with Crippen LogP contribution >= 0.6 is 0 Å². The van der Waals surface area contributed by atoms with Crippen molar-refractivity contribution in [1.82, 2.24) is 30.0 Å². The zero-order chi connectivity index (χ0) is 38.1. The van der Waals surface area contributed by atoms with E-state index in [1.54, 1.807) is 48.8 Å². The summed E-state index contributed by atoms with van der Waals surface area (Å²) in [4.78, 5) is 75.1. The van der Waals surface area contributed by atoms with E-state index in [1.165, 1.54) is 10.7 Å². The van der Waals surface area contributed by atoms with Gasteiger partial charge >= 0.3 is 0 Å². The second-order valence-corrected chi connectivity index (χ2v) is 13.7. The molecule has 273 valence electrons. The molecule has 14 heteroatoms. The summed E-state index contributed by atoms with van der Waals surface area (Å²) in [7, 11) is 0. The number of benzene rings is 3. The normalized spacial score (nSPS) is 17.2. The molecule has 3 aromatic carbocycles. The van der Waals surface area contributed by atoms with E-state index in [4.69, 9.17) is 4.74 Å². The van der Waals surface area contributed by atoms with Crippen molar-refractivity contribution in [1.29, 1.82) is 5.26 Å². The van der Waals surface area contributed by atoms with Crippen molar-refractivity contribution in [3.05, 3.63) is 124 Å². The van der Waals surface area contributed by atoms with Gasteiger partial charge in [0.2, 0.25) is 11.8 Å². The van der Waals surface area contributed by atoms with Crippen molar-refractivity contribution in [2.24, 2.45) is 5.92 Å². The summed E-state index contributed by atoms with van der Waals surface area (Å²) >= 11 is 0. The van der Waals surface area contributed by atoms with E-state index in [0.29, 0.717) is 48.2 Å². The summed E-state index contributed by atoms with van der Waals surface area (Å²) in [5, 5.41) is 16.0. The first-order valence-electron chi connectivity index (χ1n) is 17.9. The molecule has 4 amide bonds. The third kappa shape index (κ3) is 7.19. The molecule has 5 heterocycles. The van der Waals surface area contributed by atoms with Gasteiger partial charge in [-0.15, -0.1) is 0 Å². The second kappa shape index (κ2) is 14.8. The highest BCUT2D eigenvalue weighted by atomic mass is 16.5. The molecule has 2 aromatic heterocycles. The molecule has 8 rings (SSSR count). The number of nitriles is 1. The topological polar surface area (TPSA) is 180 Å². The largest absolute Gasteiger partial charge is 0.490 e. The number of aromatic nitrogens is 4. The lowest BCUT2D eigenvalue weighted by atomic mass is 9.97. The van der Waals surface area contributed by atoms with Gasteiger partial charge < -0.3 is 9.64 Å². The number of rotatable bonds is 9. The summed E-state index contributed by atoms with van der Waals surface area (Å²) in [5.74, 6) is -0.844. The average Bonchev–Trinajstić information content (AvgIpc) is 3.46. The number of anilines is 1. The highest BCUT2D eigenvalue weighted by Gasteiger charge is 2.45. The Labute approximate surface area is 315 Å². The molecular formula is C41H33N8O6. The quantitative estimate of drug-likeness (QED) is 0.218. The zero-order valence-corrected chi connectivity index (χ0v) is 29.5. The molecule has 1 unspecified atom stereocenters. The molecule has 0 saturated carbocycles. The number of fused-ring (bicyclic) bond motifs is 1. The number of ether oxygens (including phenoxy) is 1. The van der Waals surface area contributed by atoms with Crippen LogP contribution in [0.1, 0.15) is 57.5 Å². The summed E-state index contributed by atoms with van der Waals surface area (Å²) in [6.07, 6.45) is 5.12. The van der Waals surface area contributed by atoms with E-state index in [2.05, 4.69) is 37.4 Å². The maximum atomic E-state index is 13.2. The summed E-state index contributed by atoms with van der Waals surface area (Å²) in [6.45, 7) is 2.13. The Morgan fingerprint density at radius 2 is 1.65 bits per heavy atom. The summed E-state index contributed by atoms with van der Waals surface area (Å²) in [5.41, 5.74) is 4.28. The van der Waals surface area contributed by atoms with Gasteiger partial charge in [0, 0.05) is 48.5 Å². The lowest BCUT2D eigenvalue weighted by molar-refractivity contribution is -0.136. The van der Waals surface area contributed by atoms with E-state index in [0.717, 1.165) is 34.4 Å². The molecule has 55 heavy (non-hydrogen) atoms. The van der Waals surface area contributed by atoms with Crippen LogP contribution in [0.3, 0.4) is 0 Å². The summed E-state index contributed by atoms with van der Waals surface area (Å²) in [6, 6.07) is 25.4. The Morgan fingerprint density at radius 3 is 2.44 bits per heavy atom. The molecule has 1 radical (unpaired) electrons. The smallest absolute Gasteiger partial charge is 0.267 e. The maximum Gasteiger partial charge on any atom is 0.267 e. The van der Waals surface area contributed by atoms with E-state index in [1.807, 2.05) is 30.3 Å². The monoisotopic (exact) mass is 733 g/mol. The lowest BCUT2D eigenvalue weighted by Crippen LogP contribution is -2.54. The fraction of sp³-hybridized carbons (Fsp3) is 0.244. The van der Waals surface area contributed by atoms with Crippen molar-refractivity contribution in [2.45, 2.75) is 38.3 Å². The molecule has 1 N–H and O–H groups in total. The van der Waals surface area contributed by atoms with E-state index in [-0.39, 0.29) is 42.0 Å². The van der Waals surface area contributed by atoms with E-state index >= 15 is 0 Å². The maximum absolute atomic E-state index is 13.2. The van der Waals surface area contributed by atoms with Gasteiger partial charge in [-0.05, 0) is 67.1 Å². The third-order valence-electron chi connectivity index (χ3n) is 10.1. The zero-order valence-electron chi connectivity index (χ0n) is 29.5. The first-order chi connectivity index (χ1) is 26.7. The van der Waals surface area contributed by atoms with Gasteiger partial charge in [0.05, 0.1) is 54.0 Å². The van der Waals surface area contributed by atoms with Crippen LogP contribution in [0.25, 0.3) is 22.6 Å². The van der Waals surface area contributed by atoms with Crippen LogP contribution in [0.15, 0.2) is 90.0 Å². The molecule has 2 fully saturated rings. The number of carbonyl (C=O) groups is 4. The van der Waals surface area contributed by atoms with E-state index in [9.17, 15) is 29.2 Å². The van der Waals surface area contributed by atoms with Crippen LogP contribution in [-0.4, -0.2) is 74.0 Å². The molecule has 0 aliphatic carbocycles. The highest BCUT2D eigenvalue weighted by molar-refractivity contribution is 6.23. The predicted molar refractivity (Wildman–Crippen MR) is 198 cm³/mol. The van der Waals surface area contributed by atoms with Gasteiger partial charge in [-0.25, -0.2) is 14.6 Å². The fourth-order valence-electron chi connectivity index (χ4n) is 7.11. The van der Waals surface area contributed by atoms with Crippen LogP contribution in [0, 0.1) is 23.3 Å². The Kier molecular flexibility index (Phi) is 9.42. The first-order valence-corrected chi connectivity index (χ1v) is 17.9. The van der Waals surface area contributed by atoms with Gasteiger partial charge in [-0.2, -0.15) is 10.4 Å². The van der Waals surface area contributed by atoms with Gasteiger partial charge in [0.25, 0.3) is 17.4 Å². The molecule has 3 aliphatic rings. The Morgan fingerprint density at radius 1 is 0.873 bits per heavy atom. The number of amides is 4. The molecule has 0 spiro atoms. The van der Waals surface area contributed by atoms with Crippen LogP contribution in [-0.2, 0) is 16.1 Å².